The largest absolute Gasteiger partial charge is 0.369 e. The molecule has 2 atom stereocenters. The highest BCUT2D eigenvalue weighted by Gasteiger charge is 2.44. The second kappa shape index (κ2) is 5.93. The quantitative estimate of drug-likeness (QED) is 0.918. The monoisotopic (exact) mass is 280 g/mol. The average Bonchev–Trinajstić information content (AvgIpc) is 2.40. The van der Waals surface area contributed by atoms with E-state index in [1.165, 1.54) is 5.56 Å². The summed E-state index contributed by atoms with van der Waals surface area (Å²) in [6.45, 7) is 2.26. The van der Waals surface area contributed by atoms with E-state index in [-0.39, 0.29) is 24.2 Å². The molecule has 3 fully saturated rings. The Morgan fingerprint density at radius 3 is 2.42 bits per heavy atom. The van der Waals surface area contributed by atoms with Crippen LogP contribution < -0.4 is 5.73 Å². The van der Waals surface area contributed by atoms with Crippen LogP contribution in [0.1, 0.15) is 18.4 Å². The van der Waals surface area contributed by atoms with E-state index in [9.17, 15) is 4.79 Å². The fourth-order valence-corrected chi connectivity index (χ4v) is 3.69. The second-order valence-electron chi connectivity index (χ2n) is 5.56. The normalized spacial score (nSPS) is 32.6. The van der Waals surface area contributed by atoms with E-state index < -0.39 is 0 Å². The van der Waals surface area contributed by atoms with Gasteiger partial charge in [0.15, 0.2) is 0 Å². The molecule has 1 aromatic rings. The minimum absolute atomic E-state index is 0. The highest BCUT2D eigenvalue weighted by Crippen LogP contribution is 2.38. The van der Waals surface area contributed by atoms with Crippen LogP contribution >= 0.6 is 12.4 Å². The zero-order valence-corrected chi connectivity index (χ0v) is 11.8. The van der Waals surface area contributed by atoms with Crippen LogP contribution in [-0.2, 0) is 11.2 Å². The summed E-state index contributed by atoms with van der Waals surface area (Å²) in [5.74, 6) is 0.458. The number of nitrogens with two attached hydrogens (primary N) is 1. The fourth-order valence-electron chi connectivity index (χ4n) is 3.69. The number of piperidine rings is 3. The van der Waals surface area contributed by atoms with Gasteiger partial charge in [0.05, 0.1) is 5.92 Å². The van der Waals surface area contributed by atoms with Gasteiger partial charge in [-0.1, -0.05) is 30.3 Å². The van der Waals surface area contributed by atoms with E-state index in [0.717, 1.165) is 32.4 Å². The van der Waals surface area contributed by atoms with E-state index in [0.29, 0.717) is 12.0 Å². The molecule has 2 unspecified atom stereocenters. The summed E-state index contributed by atoms with van der Waals surface area (Å²) in [4.78, 5) is 14.2. The number of fused-ring (bicyclic) bond motifs is 3. The van der Waals surface area contributed by atoms with Crippen molar-refractivity contribution in [2.24, 2.45) is 17.6 Å². The Morgan fingerprint density at radius 1 is 1.21 bits per heavy atom. The maximum Gasteiger partial charge on any atom is 0.222 e. The molecule has 1 aromatic carbocycles. The van der Waals surface area contributed by atoms with Gasteiger partial charge in [-0.25, -0.2) is 0 Å². The molecule has 0 saturated carbocycles. The summed E-state index contributed by atoms with van der Waals surface area (Å²) in [5, 5.41) is 0. The summed E-state index contributed by atoms with van der Waals surface area (Å²) in [7, 11) is 0. The Morgan fingerprint density at radius 2 is 1.84 bits per heavy atom. The molecule has 3 saturated heterocycles. The first-order chi connectivity index (χ1) is 8.75. The lowest BCUT2D eigenvalue weighted by Gasteiger charge is -2.50. The summed E-state index contributed by atoms with van der Waals surface area (Å²) in [5.41, 5.74) is 6.94. The van der Waals surface area contributed by atoms with Crippen LogP contribution in [0, 0.1) is 11.8 Å². The van der Waals surface area contributed by atoms with Gasteiger partial charge in [0.1, 0.15) is 0 Å². The molecule has 4 rings (SSSR count). The number of carbonyl (C=O) groups is 1. The third-order valence-corrected chi connectivity index (χ3v) is 4.58. The van der Waals surface area contributed by atoms with Crippen molar-refractivity contribution >= 4 is 18.3 Å². The zero-order chi connectivity index (χ0) is 12.5. The number of hydrogen-bond donors (Lipinski definition) is 1. The van der Waals surface area contributed by atoms with Gasteiger partial charge in [-0.05, 0) is 43.8 Å². The van der Waals surface area contributed by atoms with E-state index in [1.54, 1.807) is 0 Å². The summed E-state index contributed by atoms with van der Waals surface area (Å²) in [6, 6.07) is 10.7. The third-order valence-electron chi connectivity index (χ3n) is 4.58. The number of nitrogens with zero attached hydrogens (tertiary/aromatic N) is 1. The Hall–Kier alpha value is -1.06. The van der Waals surface area contributed by atoms with Gasteiger partial charge < -0.3 is 5.73 Å². The first-order valence-corrected chi connectivity index (χ1v) is 6.83. The molecular formula is C15H21ClN2O. The van der Waals surface area contributed by atoms with Crippen LogP contribution in [0.15, 0.2) is 30.3 Å². The topological polar surface area (TPSA) is 46.3 Å². The Bertz CT molecular complexity index is 429. The van der Waals surface area contributed by atoms with Crippen LogP contribution in [0.5, 0.6) is 0 Å². The predicted octanol–water partition coefficient (Wildman–Crippen LogP) is 1.85. The molecule has 2 bridgehead atoms. The molecular weight excluding hydrogens is 260 g/mol. The van der Waals surface area contributed by atoms with Crippen LogP contribution in [0.2, 0.25) is 0 Å². The lowest BCUT2D eigenvalue weighted by Crippen LogP contribution is -2.59. The molecule has 19 heavy (non-hydrogen) atoms. The number of amides is 1. The molecule has 3 aliphatic rings. The minimum atomic E-state index is -0.106. The van der Waals surface area contributed by atoms with Crippen LogP contribution in [0.3, 0.4) is 0 Å². The van der Waals surface area contributed by atoms with Crippen molar-refractivity contribution in [3.63, 3.8) is 0 Å². The van der Waals surface area contributed by atoms with Crippen molar-refractivity contribution in [1.29, 1.82) is 0 Å². The number of primary amides is 1. The van der Waals surface area contributed by atoms with Gasteiger partial charge in [-0.15, -0.1) is 12.4 Å². The highest BCUT2D eigenvalue weighted by molar-refractivity contribution is 5.85. The minimum Gasteiger partial charge on any atom is -0.369 e. The van der Waals surface area contributed by atoms with Crippen molar-refractivity contribution in [3.05, 3.63) is 35.9 Å². The molecule has 3 heterocycles. The maximum atomic E-state index is 11.7. The molecule has 0 spiro atoms. The van der Waals surface area contributed by atoms with E-state index >= 15 is 0 Å². The summed E-state index contributed by atoms with van der Waals surface area (Å²) >= 11 is 0. The molecule has 3 nitrogen and oxygen atoms in total. The van der Waals surface area contributed by atoms with E-state index in [2.05, 4.69) is 29.2 Å². The summed E-state index contributed by atoms with van der Waals surface area (Å²) < 4.78 is 0. The molecule has 2 N–H and O–H groups in total. The van der Waals surface area contributed by atoms with E-state index in [1.807, 2.05) is 6.07 Å². The van der Waals surface area contributed by atoms with Crippen molar-refractivity contribution in [2.45, 2.75) is 25.3 Å². The number of hydrogen-bond acceptors (Lipinski definition) is 2. The van der Waals surface area contributed by atoms with Gasteiger partial charge in [-0.2, -0.15) is 0 Å². The number of rotatable bonds is 3. The zero-order valence-electron chi connectivity index (χ0n) is 11.0. The first-order valence-electron chi connectivity index (χ1n) is 6.83. The van der Waals surface area contributed by atoms with Crippen LogP contribution in [0.4, 0.5) is 0 Å². The Kier molecular flexibility index (Phi) is 4.48. The Labute approximate surface area is 120 Å². The number of halogens is 1. The molecule has 0 radical (unpaired) electrons. The van der Waals surface area contributed by atoms with Crippen LogP contribution in [0.25, 0.3) is 0 Å². The van der Waals surface area contributed by atoms with Crippen LogP contribution in [-0.4, -0.2) is 29.9 Å². The lowest BCUT2D eigenvalue weighted by atomic mass is 9.72. The van der Waals surface area contributed by atoms with Gasteiger partial charge >= 0.3 is 0 Å². The molecule has 1 amide bonds. The average molecular weight is 281 g/mol. The number of benzene rings is 1. The number of carbonyl (C=O) groups excluding carboxylic acids is 1. The fraction of sp³-hybridized carbons (Fsp3) is 0.533. The third kappa shape index (κ3) is 2.77. The van der Waals surface area contributed by atoms with Crippen molar-refractivity contribution in [2.75, 3.05) is 13.1 Å². The maximum absolute atomic E-state index is 11.7. The van der Waals surface area contributed by atoms with Gasteiger partial charge in [-0.3, -0.25) is 9.69 Å². The molecule has 0 aliphatic carbocycles. The van der Waals surface area contributed by atoms with Gasteiger partial charge in [0.2, 0.25) is 5.91 Å². The SMILES string of the molecule is Cl.NC(=O)C1C2CCN(CC2)C1Cc1ccccc1. The standard InChI is InChI=1S/C15H20N2O.ClH/c16-15(18)14-12-6-8-17(9-7-12)13(14)10-11-4-2-1-3-5-11;/h1-5,12-14H,6-10H2,(H2,16,18);1H. The Balaban J connectivity index is 0.00000133. The molecule has 3 aliphatic heterocycles. The predicted molar refractivity (Wildman–Crippen MR) is 78.2 cm³/mol. The molecule has 104 valence electrons. The van der Waals surface area contributed by atoms with Crippen molar-refractivity contribution in [3.8, 4) is 0 Å². The first kappa shape index (κ1) is 14.4. The lowest BCUT2D eigenvalue weighted by molar-refractivity contribution is -0.132. The van der Waals surface area contributed by atoms with Gasteiger partial charge in [0, 0.05) is 6.04 Å². The van der Waals surface area contributed by atoms with Crippen molar-refractivity contribution < 1.29 is 4.79 Å². The molecule has 4 heteroatoms. The highest BCUT2D eigenvalue weighted by atomic mass is 35.5. The molecule has 0 aromatic heterocycles. The van der Waals surface area contributed by atoms with Crippen molar-refractivity contribution in [1.82, 2.24) is 4.90 Å². The second-order valence-corrected chi connectivity index (χ2v) is 5.56. The van der Waals surface area contributed by atoms with Gasteiger partial charge in [0.25, 0.3) is 0 Å². The van der Waals surface area contributed by atoms with E-state index in [4.69, 9.17) is 5.73 Å². The smallest absolute Gasteiger partial charge is 0.222 e. The summed E-state index contributed by atoms with van der Waals surface area (Å²) in [6.07, 6.45) is 3.22.